The minimum Gasteiger partial charge on any atom is -0.492 e. The third-order valence-electron chi connectivity index (χ3n) is 7.87. The first kappa shape index (κ1) is 28.5. The molecule has 218 valence electrons. The van der Waals surface area contributed by atoms with Crippen LogP contribution in [0, 0.1) is 0 Å². The average molecular weight is 594 g/mol. The number of imidazole rings is 1. The van der Waals surface area contributed by atoms with Crippen molar-refractivity contribution in [2.24, 2.45) is 5.73 Å². The zero-order valence-corrected chi connectivity index (χ0v) is 24.3. The van der Waals surface area contributed by atoms with E-state index >= 15 is 0 Å². The first-order chi connectivity index (χ1) is 21.0. The highest BCUT2D eigenvalue weighted by Crippen LogP contribution is 2.35. The average Bonchev–Trinajstić information content (AvgIpc) is 3.47. The Kier molecular flexibility index (Phi) is 8.40. The van der Waals surface area contributed by atoms with Gasteiger partial charge < -0.3 is 25.7 Å². The smallest absolute Gasteiger partial charge is 0.255 e. The molecule has 8 nitrogen and oxygen atoms in total. The van der Waals surface area contributed by atoms with E-state index < -0.39 is 17.9 Å². The van der Waals surface area contributed by atoms with Gasteiger partial charge in [0.2, 0.25) is 5.91 Å². The van der Waals surface area contributed by atoms with E-state index in [1.807, 2.05) is 36.8 Å². The Morgan fingerprint density at radius 3 is 2.65 bits per heavy atom. The molecule has 0 radical (unpaired) electrons. The summed E-state index contributed by atoms with van der Waals surface area (Å²) in [5, 5.41) is 9.48. The summed E-state index contributed by atoms with van der Waals surface area (Å²) in [6.07, 6.45) is 4.74. The van der Waals surface area contributed by atoms with E-state index in [1.165, 1.54) is 16.3 Å². The van der Waals surface area contributed by atoms with Gasteiger partial charge in [-0.2, -0.15) is 0 Å². The summed E-state index contributed by atoms with van der Waals surface area (Å²) >= 11 is 5.98. The van der Waals surface area contributed by atoms with Crippen molar-refractivity contribution in [3.63, 3.8) is 0 Å². The molecule has 5 aromatic rings. The molecule has 0 fully saturated rings. The van der Waals surface area contributed by atoms with Crippen LogP contribution >= 0.6 is 11.6 Å². The number of carbonyl (C=O) groups excluding carboxylic acids is 2. The number of nitrogens with zero attached hydrogens (tertiary/aromatic N) is 2. The first-order valence-corrected chi connectivity index (χ1v) is 14.6. The van der Waals surface area contributed by atoms with Crippen LogP contribution in [0.25, 0.3) is 10.8 Å². The minimum absolute atomic E-state index is 0.0292. The maximum absolute atomic E-state index is 13.4. The number of benzene rings is 4. The lowest BCUT2D eigenvalue weighted by Gasteiger charge is -2.28. The van der Waals surface area contributed by atoms with Crippen LogP contribution in [0.15, 0.2) is 97.5 Å². The minimum atomic E-state index is -0.885. The molecule has 2 amide bonds. The number of primary amides is 1. The molecular weight excluding hydrogens is 562 g/mol. The van der Waals surface area contributed by atoms with Crippen LogP contribution < -0.4 is 21.1 Å². The van der Waals surface area contributed by atoms with E-state index in [0.717, 1.165) is 23.2 Å². The lowest BCUT2D eigenvalue weighted by Crippen LogP contribution is -2.46. The summed E-state index contributed by atoms with van der Waals surface area (Å²) in [6, 6.07) is 26.4. The summed E-state index contributed by atoms with van der Waals surface area (Å²) in [4.78, 5) is 30.0. The van der Waals surface area contributed by atoms with Crippen LogP contribution in [0.2, 0.25) is 5.02 Å². The number of carbonyl (C=O) groups is 2. The standard InChI is InChI=1S/C34H32ClN5O3/c35-25-13-11-22(12-14-25)17-31(33(36)41)39-34(42)29-10-4-9-28-30(15-16-43-32(28)29)38-19-26-18-37-21-40(26)20-24-7-3-6-23-5-1-2-8-27(23)24/h1-14,18,21,30-31,38H,15-17,19-20H2,(H2,36,41)(H,39,42)/t30?,31-/m0/s1. The Hall–Kier alpha value is -4.66. The van der Waals surface area contributed by atoms with Crippen molar-refractivity contribution < 1.29 is 14.3 Å². The van der Waals surface area contributed by atoms with E-state index in [2.05, 4.69) is 62.6 Å². The molecule has 0 spiro atoms. The number of ether oxygens (including phenoxy) is 1. The fourth-order valence-corrected chi connectivity index (χ4v) is 5.74. The SMILES string of the molecule is NC(=O)[C@H](Cc1ccc(Cl)cc1)NC(=O)c1cccc2c1OCCC2NCc1cncn1Cc1cccc2ccccc12. The number of rotatable bonds is 10. The van der Waals surface area contributed by atoms with Gasteiger partial charge in [-0.3, -0.25) is 9.59 Å². The van der Waals surface area contributed by atoms with Crippen LogP contribution in [0.1, 0.15) is 45.2 Å². The molecule has 4 aromatic carbocycles. The second kappa shape index (κ2) is 12.7. The molecule has 6 rings (SSSR count). The fraction of sp³-hybridized carbons (Fsp3) is 0.206. The number of hydrogen-bond acceptors (Lipinski definition) is 5. The topological polar surface area (TPSA) is 111 Å². The predicted octanol–water partition coefficient (Wildman–Crippen LogP) is 5.18. The number of nitrogens with one attached hydrogen (secondary N) is 2. The van der Waals surface area contributed by atoms with Crippen molar-refractivity contribution in [3.8, 4) is 5.75 Å². The highest BCUT2D eigenvalue weighted by atomic mass is 35.5. The molecular formula is C34H32ClN5O3. The Balaban J connectivity index is 1.16. The molecule has 1 unspecified atom stereocenters. The van der Waals surface area contributed by atoms with Crippen molar-refractivity contribution in [2.45, 2.75) is 38.0 Å². The molecule has 43 heavy (non-hydrogen) atoms. The normalized spacial score (nSPS) is 15.0. The molecule has 0 saturated carbocycles. The Bertz CT molecular complexity index is 1760. The highest BCUT2D eigenvalue weighted by Gasteiger charge is 2.28. The van der Waals surface area contributed by atoms with Crippen LogP contribution in [-0.2, 0) is 24.3 Å². The summed E-state index contributed by atoms with van der Waals surface area (Å²) in [7, 11) is 0. The van der Waals surface area contributed by atoms with Crippen LogP contribution in [0.3, 0.4) is 0 Å². The largest absolute Gasteiger partial charge is 0.492 e. The maximum Gasteiger partial charge on any atom is 0.255 e. The van der Waals surface area contributed by atoms with Crippen molar-refractivity contribution in [3.05, 3.63) is 130 Å². The van der Waals surface area contributed by atoms with Gasteiger partial charge in [0.15, 0.2) is 0 Å². The second-order valence-electron chi connectivity index (χ2n) is 10.7. The number of para-hydroxylation sites is 1. The van der Waals surface area contributed by atoms with Crippen molar-refractivity contribution in [2.75, 3.05) is 6.61 Å². The molecule has 0 saturated heterocycles. The maximum atomic E-state index is 13.4. The van der Waals surface area contributed by atoms with Crippen LogP contribution in [0.4, 0.5) is 0 Å². The number of aromatic nitrogens is 2. The van der Waals surface area contributed by atoms with Crippen LogP contribution in [0.5, 0.6) is 5.75 Å². The Morgan fingerprint density at radius 2 is 1.81 bits per heavy atom. The summed E-state index contributed by atoms with van der Waals surface area (Å²) < 4.78 is 8.17. The number of nitrogens with two attached hydrogens (primary N) is 1. The lowest BCUT2D eigenvalue weighted by atomic mass is 9.96. The van der Waals surface area contributed by atoms with Gasteiger partial charge in [0.25, 0.3) is 5.91 Å². The van der Waals surface area contributed by atoms with E-state index in [9.17, 15) is 9.59 Å². The van der Waals surface area contributed by atoms with Crippen molar-refractivity contribution >= 4 is 34.2 Å². The quantitative estimate of drug-likeness (QED) is 0.207. The number of halogens is 1. The van der Waals surface area contributed by atoms with Crippen molar-refractivity contribution in [1.29, 1.82) is 0 Å². The summed E-state index contributed by atoms with van der Waals surface area (Å²) in [6.45, 7) is 1.76. The molecule has 1 aliphatic rings. The monoisotopic (exact) mass is 593 g/mol. The van der Waals surface area contributed by atoms with Gasteiger partial charge in [-0.25, -0.2) is 4.98 Å². The molecule has 2 heterocycles. The molecule has 2 atom stereocenters. The van der Waals surface area contributed by atoms with Gasteiger partial charge in [0, 0.05) is 48.8 Å². The molecule has 4 N–H and O–H groups in total. The number of hydrogen-bond donors (Lipinski definition) is 3. The van der Waals surface area contributed by atoms with E-state index in [0.29, 0.717) is 36.0 Å². The first-order valence-electron chi connectivity index (χ1n) is 14.3. The Morgan fingerprint density at radius 1 is 1.02 bits per heavy atom. The van der Waals surface area contributed by atoms with Gasteiger partial charge in [0.05, 0.1) is 24.2 Å². The van der Waals surface area contributed by atoms with Gasteiger partial charge in [0.1, 0.15) is 11.8 Å². The van der Waals surface area contributed by atoms with Gasteiger partial charge in [-0.05, 0) is 40.1 Å². The highest BCUT2D eigenvalue weighted by molar-refractivity contribution is 6.30. The van der Waals surface area contributed by atoms with E-state index in [-0.39, 0.29) is 12.5 Å². The second-order valence-corrected chi connectivity index (χ2v) is 11.1. The number of amides is 2. The van der Waals surface area contributed by atoms with Crippen molar-refractivity contribution in [1.82, 2.24) is 20.2 Å². The summed E-state index contributed by atoms with van der Waals surface area (Å²) in [5.74, 6) is -0.514. The van der Waals surface area contributed by atoms with E-state index in [1.54, 1.807) is 18.2 Å². The molecule has 0 bridgehead atoms. The van der Waals surface area contributed by atoms with E-state index in [4.69, 9.17) is 22.1 Å². The molecule has 1 aromatic heterocycles. The van der Waals surface area contributed by atoms with Gasteiger partial charge in [-0.1, -0.05) is 78.3 Å². The van der Waals surface area contributed by atoms with Gasteiger partial charge >= 0.3 is 0 Å². The third-order valence-corrected chi connectivity index (χ3v) is 8.12. The Labute approximate surface area is 254 Å². The zero-order valence-electron chi connectivity index (χ0n) is 23.5. The summed E-state index contributed by atoms with van der Waals surface area (Å²) in [5.41, 5.74) is 10.0. The van der Waals surface area contributed by atoms with Gasteiger partial charge in [-0.15, -0.1) is 0 Å². The molecule has 1 aliphatic heterocycles. The predicted molar refractivity (Wildman–Crippen MR) is 167 cm³/mol. The molecule has 0 aliphatic carbocycles. The number of fused-ring (bicyclic) bond motifs is 2. The fourth-order valence-electron chi connectivity index (χ4n) is 5.61. The van der Waals surface area contributed by atoms with Crippen LogP contribution in [-0.4, -0.2) is 34.0 Å². The zero-order chi connectivity index (χ0) is 29.8. The lowest BCUT2D eigenvalue weighted by molar-refractivity contribution is -0.119. The molecule has 9 heteroatoms. The third kappa shape index (κ3) is 6.40.